The molecule has 2 fully saturated rings. The third-order valence-electron chi connectivity index (χ3n) is 5.12. The summed E-state index contributed by atoms with van der Waals surface area (Å²) >= 11 is 0. The van der Waals surface area contributed by atoms with Gasteiger partial charge in [-0.15, -0.1) is 0 Å². The summed E-state index contributed by atoms with van der Waals surface area (Å²) in [6.45, 7) is 1.79. The Labute approximate surface area is 163 Å². The molecule has 1 N–H and O–H groups in total. The van der Waals surface area contributed by atoms with E-state index >= 15 is 0 Å². The first-order valence-electron chi connectivity index (χ1n) is 9.12. The quantitative estimate of drug-likeness (QED) is 0.714. The maximum absolute atomic E-state index is 12.8. The van der Waals surface area contributed by atoms with E-state index in [1.807, 2.05) is 0 Å². The lowest BCUT2D eigenvalue weighted by atomic mass is 9.96. The Kier molecular flexibility index (Phi) is 6.21. The van der Waals surface area contributed by atoms with Gasteiger partial charge in [-0.2, -0.15) is 4.31 Å². The fraction of sp³-hybridized carbons (Fsp3) is 0.556. The molecule has 154 valence electrons. The number of aromatic hydroxyl groups is 1. The number of nitrogens with zero attached hydrogens (tertiary/aromatic N) is 2. The fourth-order valence-corrected chi connectivity index (χ4v) is 4.87. The second-order valence-corrected chi connectivity index (χ2v) is 8.72. The molecule has 1 amide bonds. The number of morpholine rings is 1. The molecule has 0 bridgehead atoms. The molecule has 0 aliphatic carbocycles. The van der Waals surface area contributed by atoms with Crippen LogP contribution < -0.4 is 0 Å². The van der Waals surface area contributed by atoms with E-state index in [-0.39, 0.29) is 41.2 Å². The molecule has 0 saturated carbocycles. The van der Waals surface area contributed by atoms with Crippen LogP contribution in [0.4, 0.5) is 0 Å². The van der Waals surface area contributed by atoms with Crippen molar-refractivity contribution in [2.45, 2.75) is 17.7 Å². The molecule has 2 aliphatic rings. The number of benzene rings is 1. The number of amides is 1. The van der Waals surface area contributed by atoms with Gasteiger partial charge in [0.2, 0.25) is 10.0 Å². The number of phenols is 1. The predicted molar refractivity (Wildman–Crippen MR) is 98.3 cm³/mol. The van der Waals surface area contributed by atoms with Crippen molar-refractivity contribution in [1.29, 1.82) is 0 Å². The van der Waals surface area contributed by atoms with E-state index in [0.29, 0.717) is 39.1 Å². The fourth-order valence-electron chi connectivity index (χ4n) is 3.44. The van der Waals surface area contributed by atoms with Crippen molar-refractivity contribution in [3.8, 4) is 5.75 Å². The minimum atomic E-state index is -3.78. The van der Waals surface area contributed by atoms with Crippen LogP contribution in [0.2, 0.25) is 0 Å². The minimum Gasteiger partial charge on any atom is -0.507 e. The maximum Gasteiger partial charge on any atom is 0.308 e. The zero-order chi connectivity index (χ0) is 20.3. The summed E-state index contributed by atoms with van der Waals surface area (Å²) in [5, 5.41) is 10.1. The van der Waals surface area contributed by atoms with E-state index in [1.165, 1.54) is 34.5 Å². The Balaban J connectivity index is 1.78. The third-order valence-corrected chi connectivity index (χ3v) is 7.02. The molecule has 0 atom stereocenters. The van der Waals surface area contributed by atoms with Crippen LogP contribution in [0.5, 0.6) is 5.75 Å². The van der Waals surface area contributed by atoms with Gasteiger partial charge in [0.1, 0.15) is 5.75 Å². The lowest BCUT2D eigenvalue weighted by Crippen LogP contribution is -2.41. The van der Waals surface area contributed by atoms with Gasteiger partial charge in [0.05, 0.1) is 36.7 Å². The van der Waals surface area contributed by atoms with Crippen LogP contribution in [-0.2, 0) is 24.3 Å². The van der Waals surface area contributed by atoms with Crippen molar-refractivity contribution in [2.24, 2.45) is 5.92 Å². The Morgan fingerprint density at radius 1 is 1.14 bits per heavy atom. The molecule has 2 saturated heterocycles. The van der Waals surface area contributed by atoms with Crippen LogP contribution in [0, 0.1) is 5.92 Å². The van der Waals surface area contributed by atoms with Crippen LogP contribution in [0.15, 0.2) is 23.1 Å². The zero-order valence-corrected chi connectivity index (χ0v) is 16.5. The monoisotopic (exact) mass is 412 g/mol. The Bertz CT molecular complexity index is 841. The Morgan fingerprint density at radius 2 is 1.79 bits per heavy atom. The highest BCUT2D eigenvalue weighted by atomic mass is 32.2. The Hall–Kier alpha value is -2.17. The molecule has 10 heteroatoms. The molecule has 0 aromatic heterocycles. The first-order valence-corrected chi connectivity index (χ1v) is 10.6. The van der Waals surface area contributed by atoms with Gasteiger partial charge < -0.3 is 19.5 Å². The average molecular weight is 412 g/mol. The molecule has 1 aromatic carbocycles. The number of sulfonamides is 1. The molecule has 2 aliphatic heterocycles. The standard InChI is InChI=1S/C18H24N2O7S/c1-26-18(23)13-4-6-19(7-5-13)17(22)15-12-14(2-3-16(15)21)28(24,25)20-8-10-27-11-9-20/h2-3,12-13,21H,4-11H2,1H3. The zero-order valence-electron chi connectivity index (χ0n) is 15.7. The molecule has 3 rings (SSSR count). The van der Waals surface area contributed by atoms with Gasteiger partial charge in [0.15, 0.2) is 0 Å². The number of hydrogen-bond donors (Lipinski definition) is 1. The molecule has 0 spiro atoms. The van der Waals surface area contributed by atoms with Crippen molar-refractivity contribution in [3.05, 3.63) is 23.8 Å². The van der Waals surface area contributed by atoms with Crippen molar-refractivity contribution in [1.82, 2.24) is 9.21 Å². The predicted octanol–water partition coefficient (Wildman–Crippen LogP) is 0.438. The van der Waals surface area contributed by atoms with Gasteiger partial charge in [0.25, 0.3) is 5.91 Å². The summed E-state index contributed by atoms with van der Waals surface area (Å²) in [5.74, 6) is -1.29. The molecule has 9 nitrogen and oxygen atoms in total. The lowest BCUT2D eigenvalue weighted by Gasteiger charge is -2.31. The molecule has 0 radical (unpaired) electrons. The maximum atomic E-state index is 12.8. The number of carbonyl (C=O) groups is 2. The Morgan fingerprint density at radius 3 is 2.39 bits per heavy atom. The number of phenolic OH excluding ortho intramolecular Hbond substituents is 1. The van der Waals surface area contributed by atoms with Crippen LogP contribution in [0.3, 0.4) is 0 Å². The van der Waals surface area contributed by atoms with Gasteiger partial charge in [-0.05, 0) is 31.0 Å². The smallest absolute Gasteiger partial charge is 0.308 e. The number of rotatable bonds is 4. The molecule has 28 heavy (non-hydrogen) atoms. The molecular weight excluding hydrogens is 388 g/mol. The minimum absolute atomic E-state index is 0.0417. The summed E-state index contributed by atoms with van der Waals surface area (Å²) in [6, 6.07) is 3.73. The van der Waals surface area contributed by atoms with Crippen LogP contribution in [0.1, 0.15) is 23.2 Å². The van der Waals surface area contributed by atoms with E-state index < -0.39 is 15.9 Å². The summed E-state index contributed by atoms with van der Waals surface area (Å²) in [6.07, 6.45) is 0.926. The summed E-state index contributed by atoms with van der Waals surface area (Å²) in [5.41, 5.74) is -0.0640. The summed E-state index contributed by atoms with van der Waals surface area (Å²) in [4.78, 5) is 25.9. The number of carbonyl (C=O) groups excluding carboxylic acids is 2. The second-order valence-electron chi connectivity index (χ2n) is 6.79. The molecule has 2 heterocycles. The highest BCUT2D eigenvalue weighted by Crippen LogP contribution is 2.27. The van der Waals surface area contributed by atoms with E-state index in [0.717, 1.165) is 0 Å². The van der Waals surface area contributed by atoms with E-state index in [9.17, 15) is 23.1 Å². The molecular formula is C18H24N2O7S. The average Bonchev–Trinajstić information content (AvgIpc) is 2.73. The number of piperidine rings is 1. The van der Waals surface area contributed by atoms with Crippen molar-refractivity contribution >= 4 is 21.9 Å². The summed E-state index contributed by atoms with van der Waals surface area (Å²) in [7, 11) is -2.45. The topological polar surface area (TPSA) is 113 Å². The largest absolute Gasteiger partial charge is 0.507 e. The molecule has 1 aromatic rings. The second kappa shape index (κ2) is 8.46. The number of hydrogen-bond acceptors (Lipinski definition) is 7. The number of likely N-dealkylation sites (tertiary alicyclic amines) is 1. The van der Waals surface area contributed by atoms with Crippen LogP contribution in [-0.4, -0.2) is 81.1 Å². The molecule has 0 unspecified atom stereocenters. The van der Waals surface area contributed by atoms with Crippen molar-refractivity contribution in [3.63, 3.8) is 0 Å². The highest BCUT2D eigenvalue weighted by molar-refractivity contribution is 7.89. The van der Waals surface area contributed by atoms with Gasteiger partial charge in [-0.1, -0.05) is 0 Å². The number of ether oxygens (including phenoxy) is 2. The van der Waals surface area contributed by atoms with Gasteiger partial charge in [-0.25, -0.2) is 8.42 Å². The van der Waals surface area contributed by atoms with Gasteiger partial charge in [0, 0.05) is 26.2 Å². The van der Waals surface area contributed by atoms with Crippen molar-refractivity contribution < 1.29 is 32.6 Å². The van der Waals surface area contributed by atoms with Crippen LogP contribution >= 0.6 is 0 Å². The first-order chi connectivity index (χ1) is 13.3. The first kappa shape index (κ1) is 20.6. The van der Waals surface area contributed by atoms with Crippen LogP contribution in [0.25, 0.3) is 0 Å². The SMILES string of the molecule is COC(=O)C1CCN(C(=O)c2cc(S(=O)(=O)N3CCOCC3)ccc2O)CC1. The highest BCUT2D eigenvalue weighted by Gasteiger charge is 2.31. The van der Waals surface area contributed by atoms with Gasteiger partial charge in [-0.3, -0.25) is 9.59 Å². The lowest BCUT2D eigenvalue weighted by molar-refractivity contribution is -0.146. The number of methoxy groups -OCH3 is 1. The number of esters is 1. The normalized spacial score (nSPS) is 19.4. The van der Waals surface area contributed by atoms with Crippen molar-refractivity contribution in [2.75, 3.05) is 46.5 Å². The third kappa shape index (κ3) is 4.13. The summed E-state index contributed by atoms with van der Waals surface area (Å²) < 4.78 is 36.9. The van der Waals surface area contributed by atoms with E-state index in [4.69, 9.17) is 9.47 Å². The van der Waals surface area contributed by atoms with Gasteiger partial charge >= 0.3 is 5.97 Å². The van der Waals surface area contributed by atoms with E-state index in [2.05, 4.69) is 0 Å². The van der Waals surface area contributed by atoms with E-state index in [1.54, 1.807) is 0 Å².